The van der Waals surface area contributed by atoms with Crippen LogP contribution in [0, 0.1) is 0 Å². The quantitative estimate of drug-likeness (QED) is 0.371. The van der Waals surface area contributed by atoms with Crippen LogP contribution < -0.4 is 10.6 Å². The minimum absolute atomic E-state index is 0. The molecule has 0 unspecified atom stereocenters. The summed E-state index contributed by atoms with van der Waals surface area (Å²) < 4.78 is 0. The van der Waals surface area contributed by atoms with Crippen molar-refractivity contribution in [3.05, 3.63) is 64.7 Å². The maximum Gasteiger partial charge on any atom is 0.191 e. The Bertz CT molecular complexity index is 632. The molecule has 0 radical (unpaired) electrons. The normalized spacial score (nSPS) is 10.8. The van der Waals surface area contributed by atoms with Crippen molar-refractivity contribution in [2.24, 2.45) is 4.99 Å². The molecular formula is C17H21ClIN3O. The maximum atomic E-state index is 9.28. The Balaban J connectivity index is 0.00000264. The van der Waals surface area contributed by atoms with Crippen LogP contribution in [0.2, 0.25) is 5.02 Å². The number of aromatic hydroxyl groups is 1. The van der Waals surface area contributed by atoms with Crippen LogP contribution in [0.15, 0.2) is 53.5 Å². The smallest absolute Gasteiger partial charge is 0.191 e. The van der Waals surface area contributed by atoms with Crippen molar-refractivity contribution in [3.8, 4) is 5.75 Å². The van der Waals surface area contributed by atoms with Gasteiger partial charge in [0.15, 0.2) is 5.96 Å². The average Bonchev–Trinajstić information content (AvgIpc) is 2.53. The minimum atomic E-state index is 0. The number of phenols is 1. The van der Waals surface area contributed by atoms with Gasteiger partial charge in [-0.1, -0.05) is 41.9 Å². The van der Waals surface area contributed by atoms with Gasteiger partial charge >= 0.3 is 0 Å². The fourth-order valence-corrected chi connectivity index (χ4v) is 2.14. The molecule has 0 aliphatic rings. The zero-order valence-electron chi connectivity index (χ0n) is 12.9. The SMILES string of the molecule is CCNC(=NCc1ccc(O)cc1)NCc1ccccc1Cl.I. The topological polar surface area (TPSA) is 56.7 Å². The van der Waals surface area contributed by atoms with Gasteiger partial charge in [0.25, 0.3) is 0 Å². The standard InChI is InChI=1S/C17H20ClN3O.HI/c1-2-19-17(20-11-13-7-9-15(22)10-8-13)21-12-14-5-3-4-6-16(14)18;/h3-10,22H,2,11-12H2,1H3,(H2,19,20,21);1H. The highest BCUT2D eigenvalue weighted by atomic mass is 127. The second-order valence-electron chi connectivity index (χ2n) is 4.81. The van der Waals surface area contributed by atoms with Gasteiger partial charge in [0.05, 0.1) is 6.54 Å². The molecule has 0 amide bonds. The van der Waals surface area contributed by atoms with Gasteiger partial charge < -0.3 is 15.7 Å². The lowest BCUT2D eigenvalue weighted by molar-refractivity contribution is 0.475. The zero-order valence-corrected chi connectivity index (χ0v) is 16.0. The molecular weight excluding hydrogens is 425 g/mol. The molecule has 0 spiro atoms. The lowest BCUT2D eigenvalue weighted by Gasteiger charge is -2.12. The van der Waals surface area contributed by atoms with Crippen molar-refractivity contribution in [2.45, 2.75) is 20.0 Å². The fourth-order valence-electron chi connectivity index (χ4n) is 1.93. The first-order valence-corrected chi connectivity index (χ1v) is 7.60. The lowest BCUT2D eigenvalue weighted by atomic mass is 10.2. The predicted octanol–water partition coefficient (Wildman–Crippen LogP) is 3.92. The highest BCUT2D eigenvalue weighted by Crippen LogP contribution is 2.14. The van der Waals surface area contributed by atoms with Crippen LogP contribution in [-0.2, 0) is 13.1 Å². The molecule has 23 heavy (non-hydrogen) atoms. The van der Waals surface area contributed by atoms with Gasteiger partial charge in [-0.3, -0.25) is 0 Å². The minimum Gasteiger partial charge on any atom is -0.508 e. The Hall–Kier alpha value is -1.47. The first-order valence-electron chi connectivity index (χ1n) is 7.22. The van der Waals surface area contributed by atoms with Crippen molar-refractivity contribution in [1.82, 2.24) is 10.6 Å². The summed E-state index contributed by atoms with van der Waals surface area (Å²) in [6.07, 6.45) is 0. The van der Waals surface area contributed by atoms with Crippen molar-refractivity contribution in [2.75, 3.05) is 6.54 Å². The molecule has 0 aliphatic carbocycles. The van der Waals surface area contributed by atoms with E-state index in [9.17, 15) is 5.11 Å². The van der Waals surface area contributed by atoms with E-state index in [4.69, 9.17) is 11.6 Å². The maximum absolute atomic E-state index is 9.28. The molecule has 2 aromatic carbocycles. The molecule has 0 heterocycles. The number of nitrogens with zero attached hydrogens (tertiary/aromatic N) is 1. The predicted molar refractivity (Wildman–Crippen MR) is 107 cm³/mol. The van der Waals surface area contributed by atoms with Gasteiger partial charge in [-0.2, -0.15) is 0 Å². The molecule has 2 rings (SSSR count). The Morgan fingerprint density at radius 1 is 1.09 bits per heavy atom. The van der Waals surface area contributed by atoms with Gasteiger partial charge in [0.2, 0.25) is 0 Å². The van der Waals surface area contributed by atoms with Crippen molar-refractivity contribution >= 4 is 41.5 Å². The van der Waals surface area contributed by atoms with E-state index in [0.29, 0.717) is 13.1 Å². The number of hydrogen-bond donors (Lipinski definition) is 3. The first kappa shape index (κ1) is 19.6. The number of nitrogens with one attached hydrogen (secondary N) is 2. The molecule has 0 saturated carbocycles. The third-order valence-electron chi connectivity index (χ3n) is 3.10. The van der Waals surface area contributed by atoms with Crippen LogP contribution in [0.3, 0.4) is 0 Å². The third kappa shape index (κ3) is 6.66. The third-order valence-corrected chi connectivity index (χ3v) is 3.47. The van der Waals surface area contributed by atoms with Crippen LogP contribution in [0.5, 0.6) is 5.75 Å². The largest absolute Gasteiger partial charge is 0.508 e. The summed E-state index contributed by atoms with van der Waals surface area (Å²) in [6.45, 7) is 3.95. The molecule has 0 fully saturated rings. The summed E-state index contributed by atoms with van der Waals surface area (Å²) in [6, 6.07) is 14.8. The molecule has 0 atom stereocenters. The number of hydrogen-bond acceptors (Lipinski definition) is 2. The van der Waals surface area contributed by atoms with Crippen LogP contribution in [-0.4, -0.2) is 17.6 Å². The van der Waals surface area contributed by atoms with E-state index < -0.39 is 0 Å². The van der Waals surface area contributed by atoms with Crippen LogP contribution in [0.1, 0.15) is 18.1 Å². The van der Waals surface area contributed by atoms with Gasteiger partial charge in [-0.15, -0.1) is 24.0 Å². The summed E-state index contributed by atoms with van der Waals surface area (Å²) in [7, 11) is 0. The fraction of sp³-hybridized carbons (Fsp3) is 0.235. The van der Waals surface area contributed by atoms with Crippen molar-refractivity contribution < 1.29 is 5.11 Å². The van der Waals surface area contributed by atoms with Gasteiger partial charge in [-0.05, 0) is 36.2 Å². The number of halogens is 2. The van der Waals surface area contributed by atoms with Gasteiger partial charge in [0, 0.05) is 18.1 Å². The first-order chi connectivity index (χ1) is 10.7. The summed E-state index contributed by atoms with van der Waals surface area (Å²) in [5.74, 6) is 0.993. The highest BCUT2D eigenvalue weighted by molar-refractivity contribution is 14.0. The molecule has 124 valence electrons. The summed E-state index contributed by atoms with van der Waals surface area (Å²) in [5, 5.41) is 16.5. The second-order valence-corrected chi connectivity index (χ2v) is 5.21. The monoisotopic (exact) mass is 445 g/mol. The summed E-state index contributed by atoms with van der Waals surface area (Å²) in [5.41, 5.74) is 2.06. The zero-order chi connectivity index (χ0) is 15.8. The van der Waals surface area contributed by atoms with E-state index in [2.05, 4.69) is 15.6 Å². The van der Waals surface area contributed by atoms with E-state index in [0.717, 1.165) is 28.7 Å². The lowest BCUT2D eigenvalue weighted by Crippen LogP contribution is -2.36. The molecule has 0 aromatic heterocycles. The van der Waals surface area contributed by atoms with E-state index in [1.54, 1.807) is 12.1 Å². The number of aliphatic imine (C=N–C) groups is 1. The van der Waals surface area contributed by atoms with Crippen LogP contribution in [0.4, 0.5) is 0 Å². The molecule has 0 saturated heterocycles. The van der Waals surface area contributed by atoms with Crippen molar-refractivity contribution in [1.29, 1.82) is 0 Å². The Kier molecular flexibility index (Phi) is 8.79. The molecule has 4 nitrogen and oxygen atoms in total. The van der Waals surface area contributed by atoms with E-state index in [-0.39, 0.29) is 29.7 Å². The van der Waals surface area contributed by atoms with Crippen LogP contribution in [0.25, 0.3) is 0 Å². The molecule has 0 bridgehead atoms. The number of guanidine groups is 1. The van der Waals surface area contributed by atoms with Crippen LogP contribution >= 0.6 is 35.6 Å². The van der Waals surface area contributed by atoms with E-state index in [1.807, 2.05) is 43.3 Å². The molecule has 6 heteroatoms. The number of benzene rings is 2. The molecule has 3 N–H and O–H groups in total. The Morgan fingerprint density at radius 2 is 1.78 bits per heavy atom. The van der Waals surface area contributed by atoms with Crippen molar-refractivity contribution in [3.63, 3.8) is 0 Å². The average molecular weight is 446 g/mol. The van der Waals surface area contributed by atoms with E-state index in [1.165, 1.54) is 0 Å². The molecule has 2 aromatic rings. The van der Waals surface area contributed by atoms with Gasteiger partial charge in [0.1, 0.15) is 5.75 Å². The highest BCUT2D eigenvalue weighted by Gasteiger charge is 2.01. The summed E-state index contributed by atoms with van der Waals surface area (Å²) in [4.78, 5) is 4.53. The summed E-state index contributed by atoms with van der Waals surface area (Å²) >= 11 is 6.15. The second kappa shape index (κ2) is 10.3. The Morgan fingerprint density at radius 3 is 2.43 bits per heavy atom. The molecule has 0 aliphatic heterocycles. The number of phenolic OH excluding ortho intramolecular Hbond substituents is 1. The van der Waals surface area contributed by atoms with Gasteiger partial charge in [-0.25, -0.2) is 4.99 Å². The van der Waals surface area contributed by atoms with E-state index >= 15 is 0 Å². The number of rotatable bonds is 5. The Labute approximate surface area is 159 Å².